The number of benzene rings is 1. The van der Waals surface area contributed by atoms with E-state index < -0.39 is 0 Å². The van der Waals surface area contributed by atoms with Gasteiger partial charge in [-0.1, -0.05) is 24.3 Å². The third-order valence-corrected chi connectivity index (χ3v) is 4.05. The fourth-order valence-electron chi connectivity index (χ4n) is 2.11. The van der Waals surface area contributed by atoms with E-state index in [9.17, 15) is 0 Å². The molecule has 0 radical (unpaired) electrons. The van der Waals surface area contributed by atoms with Gasteiger partial charge in [-0.05, 0) is 30.2 Å². The highest BCUT2D eigenvalue weighted by molar-refractivity contribution is 7.99. The standard InChI is InChI=1S/C13H19NOS/c1-10(8-15)14-13-9-16-7-6-11-4-2-3-5-12(11)13/h2-5,10,13-15H,6-9H2,1H3/t10-,13?/m0/s1. The summed E-state index contributed by atoms with van der Waals surface area (Å²) in [6.45, 7) is 2.22. The quantitative estimate of drug-likeness (QED) is 0.843. The Hall–Kier alpha value is -0.510. The van der Waals surface area contributed by atoms with E-state index in [2.05, 4.69) is 29.6 Å². The zero-order valence-electron chi connectivity index (χ0n) is 9.65. The SMILES string of the molecule is C[C@@H](CO)NC1CSCCc2ccccc21. The summed E-state index contributed by atoms with van der Waals surface area (Å²) in [6.07, 6.45) is 1.16. The lowest BCUT2D eigenvalue weighted by molar-refractivity contribution is 0.244. The first-order chi connectivity index (χ1) is 7.81. The van der Waals surface area contributed by atoms with E-state index in [1.165, 1.54) is 16.9 Å². The first kappa shape index (κ1) is 12.0. The Morgan fingerprint density at radius 2 is 2.31 bits per heavy atom. The zero-order chi connectivity index (χ0) is 11.4. The van der Waals surface area contributed by atoms with Crippen molar-refractivity contribution in [1.82, 2.24) is 5.32 Å². The average Bonchev–Trinajstić information content (AvgIpc) is 2.52. The second-order valence-corrected chi connectivity index (χ2v) is 5.48. The molecule has 0 aromatic heterocycles. The maximum Gasteiger partial charge on any atom is 0.0582 e. The van der Waals surface area contributed by atoms with Crippen LogP contribution in [0.15, 0.2) is 24.3 Å². The Bertz CT molecular complexity index is 342. The van der Waals surface area contributed by atoms with Crippen LogP contribution >= 0.6 is 11.8 Å². The van der Waals surface area contributed by atoms with E-state index in [4.69, 9.17) is 5.11 Å². The van der Waals surface area contributed by atoms with Crippen LogP contribution in [0.2, 0.25) is 0 Å². The van der Waals surface area contributed by atoms with Crippen molar-refractivity contribution in [2.75, 3.05) is 18.1 Å². The predicted molar refractivity (Wildman–Crippen MR) is 69.9 cm³/mol. The molecular formula is C13H19NOS. The third-order valence-electron chi connectivity index (χ3n) is 2.99. The Labute approximate surface area is 101 Å². The molecule has 0 bridgehead atoms. The number of aliphatic hydroxyl groups excluding tert-OH is 1. The molecule has 1 heterocycles. The number of aliphatic hydroxyl groups is 1. The van der Waals surface area contributed by atoms with Crippen LogP contribution in [0.3, 0.4) is 0 Å². The van der Waals surface area contributed by atoms with Crippen molar-refractivity contribution in [3.05, 3.63) is 35.4 Å². The van der Waals surface area contributed by atoms with Crippen LogP contribution in [0.25, 0.3) is 0 Å². The van der Waals surface area contributed by atoms with Gasteiger partial charge in [0.1, 0.15) is 0 Å². The van der Waals surface area contributed by atoms with Crippen molar-refractivity contribution >= 4 is 11.8 Å². The largest absolute Gasteiger partial charge is 0.395 e. The molecule has 0 spiro atoms. The Morgan fingerprint density at radius 1 is 1.50 bits per heavy atom. The molecule has 2 N–H and O–H groups in total. The van der Waals surface area contributed by atoms with Crippen LogP contribution in [-0.2, 0) is 6.42 Å². The number of thioether (sulfide) groups is 1. The number of rotatable bonds is 3. The van der Waals surface area contributed by atoms with Gasteiger partial charge in [-0.3, -0.25) is 0 Å². The van der Waals surface area contributed by atoms with Crippen LogP contribution in [0.4, 0.5) is 0 Å². The van der Waals surface area contributed by atoms with Gasteiger partial charge in [0, 0.05) is 17.8 Å². The molecule has 1 aromatic rings. The van der Waals surface area contributed by atoms with E-state index in [0.717, 1.165) is 12.2 Å². The summed E-state index contributed by atoms with van der Waals surface area (Å²) >= 11 is 1.99. The Balaban J connectivity index is 2.19. The van der Waals surface area contributed by atoms with Crippen molar-refractivity contribution in [3.63, 3.8) is 0 Å². The minimum Gasteiger partial charge on any atom is -0.395 e. The summed E-state index contributed by atoms with van der Waals surface area (Å²) in [6, 6.07) is 9.19. The van der Waals surface area contributed by atoms with Crippen LogP contribution in [-0.4, -0.2) is 29.3 Å². The second-order valence-electron chi connectivity index (χ2n) is 4.33. The van der Waals surface area contributed by atoms with Crippen LogP contribution < -0.4 is 5.32 Å². The van der Waals surface area contributed by atoms with Crippen molar-refractivity contribution in [2.45, 2.75) is 25.4 Å². The van der Waals surface area contributed by atoms with E-state index in [1.54, 1.807) is 0 Å². The lowest BCUT2D eigenvalue weighted by atomic mass is 9.99. The third kappa shape index (κ3) is 2.78. The van der Waals surface area contributed by atoms with Crippen LogP contribution in [0.5, 0.6) is 0 Å². The van der Waals surface area contributed by atoms with Crippen molar-refractivity contribution < 1.29 is 5.11 Å². The van der Waals surface area contributed by atoms with Crippen molar-refractivity contribution in [2.24, 2.45) is 0 Å². The van der Waals surface area contributed by atoms with Gasteiger partial charge in [0.15, 0.2) is 0 Å². The highest BCUT2D eigenvalue weighted by Gasteiger charge is 2.19. The average molecular weight is 237 g/mol. The summed E-state index contributed by atoms with van der Waals surface area (Å²) < 4.78 is 0. The molecule has 2 nitrogen and oxygen atoms in total. The summed E-state index contributed by atoms with van der Waals surface area (Å²) in [5.74, 6) is 2.30. The van der Waals surface area contributed by atoms with Gasteiger partial charge in [0.2, 0.25) is 0 Å². The highest BCUT2D eigenvalue weighted by Crippen LogP contribution is 2.27. The van der Waals surface area contributed by atoms with Gasteiger partial charge < -0.3 is 10.4 Å². The van der Waals surface area contributed by atoms with Crippen molar-refractivity contribution in [1.29, 1.82) is 0 Å². The number of hydrogen-bond donors (Lipinski definition) is 2. The van der Waals surface area contributed by atoms with E-state index in [0.29, 0.717) is 6.04 Å². The van der Waals surface area contributed by atoms with Gasteiger partial charge in [0.05, 0.1) is 6.61 Å². The van der Waals surface area contributed by atoms with Gasteiger partial charge in [0.25, 0.3) is 0 Å². The Kier molecular flexibility index (Phi) is 4.27. The first-order valence-corrected chi connectivity index (χ1v) is 6.99. The molecule has 0 fully saturated rings. The molecule has 88 valence electrons. The molecule has 0 amide bonds. The lowest BCUT2D eigenvalue weighted by Gasteiger charge is -2.22. The summed E-state index contributed by atoms with van der Waals surface area (Å²) in [5.41, 5.74) is 2.86. The summed E-state index contributed by atoms with van der Waals surface area (Å²) in [4.78, 5) is 0. The molecule has 2 rings (SSSR count). The number of nitrogens with one attached hydrogen (secondary N) is 1. The molecule has 1 aromatic carbocycles. The number of aryl methyl sites for hydroxylation is 1. The van der Waals surface area contributed by atoms with Gasteiger partial charge in [-0.25, -0.2) is 0 Å². The van der Waals surface area contributed by atoms with Gasteiger partial charge in [-0.2, -0.15) is 11.8 Å². The maximum atomic E-state index is 9.11. The first-order valence-electron chi connectivity index (χ1n) is 5.83. The maximum absolute atomic E-state index is 9.11. The molecule has 0 saturated carbocycles. The molecule has 1 unspecified atom stereocenters. The lowest BCUT2D eigenvalue weighted by Crippen LogP contribution is -2.34. The molecule has 1 aliphatic heterocycles. The van der Waals surface area contributed by atoms with E-state index in [1.807, 2.05) is 18.7 Å². The minimum atomic E-state index is 0.164. The predicted octanol–water partition coefficient (Wildman–Crippen LogP) is 1.99. The fourth-order valence-corrected chi connectivity index (χ4v) is 3.15. The zero-order valence-corrected chi connectivity index (χ0v) is 10.5. The van der Waals surface area contributed by atoms with Gasteiger partial charge in [-0.15, -0.1) is 0 Å². The van der Waals surface area contributed by atoms with Gasteiger partial charge >= 0.3 is 0 Å². The second kappa shape index (κ2) is 5.71. The molecule has 3 heteroatoms. The normalized spacial score (nSPS) is 22.2. The van der Waals surface area contributed by atoms with E-state index in [-0.39, 0.29) is 12.6 Å². The van der Waals surface area contributed by atoms with Crippen LogP contribution in [0.1, 0.15) is 24.1 Å². The van der Waals surface area contributed by atoms with Crippen molar-refractivity contribution in [3.8, 4) is 0 Å². The Morgan fingerprint density at radius 3 is 3.12 bits per heavy atom. The minimum absolute atomic E-state index is 0.164. The summed E-state index contributed by atoms with van der Waals surface area (Å²) in [7, 11) is 0. The number of fused-ring (bicyclic) bond motifs is 1. The molecule has 0 saturated heterocycles. The fraction of sp³-hybridized carbons (Fsp3) is 0.538. The molecule has 1 aliphatic rings. The topological polar surface area (TPSA) is 32.3 Å². The number of hydrogen-bond acceptors (Lipinski definition) is 3. The molecular weight excluding hydrogens is 218 g/mol. The molecule has 16 heavy (non-hydrogen) atoms. The highest BCUT2D eigenvalue weighted by atomic mass is 32.2. The smallest absolute Gasteiger partial charge is 0.0582 e. The van der Waals surface area contributed by atoms with E-state index >= 15 is 0 Å². The summed E-state index contributed by atoms with van der Waals surface area (Å²) in [5, 5.41) is 12.6. The molecule has 0 aliphatic carbocycles. The van der Waals surface area contributed by atoms with Crippen LogP contribution in [0, 0.1) is 0 Å². The monoisotopic (exact) mass is 237 g/mol. The molecule has 2 atom stereocenters.